The van der Waals surface area contributed by atoms with Crippen molar-refractivity contribution in [1.29, 1.82) is 0 Å². The Morgan fingerprint density at radius 3 is 2.27 bits per heavy atom. The van der Waals surface area contributed by atoms with Crippen molar-refractivity contribution in [3.8, 4) is 0 Å². The van der Waals surface area contributed by atoms with Crippen LogP contribution in [0.25, 0.3) is 0 Å². The number of aliphatic hydroxyl groups excluding tert-OH is 2. The number of rotatable bonds is 19. The number of allylic oxidation sites excluding steroid dienone is 4. The van der Waals surface area contributed by atoms with Gasteiger partial charge in [-0.15, -0.1) is 0 Å². The van der Waals surface area contributed by atoms with Crippen molar-refractivity contribution in [3.05, 3.63) is 95.6 Å². The van der Waals surface area contributed by atoms with E-state index >= 15 is 0 Å². The van der Waals surface area contributed by atoms with E-state index in [-0.39, 0.29) is 53.0 Å². The highest BCUT2D eigenvalue weighted by atomic mass is 32.1. The summed E-state index contributed by atoms with van der Waals surface area (Å²) in [6.45, 7) is 24.4. The standard InChI is InChI=1S/C57H89N7O6S/c1-33(18-19-57(6,7)71)60-34(2)35(3)61-36(4)37(5)62-42-21-38(31-69-53-27-47-45(25-51(53)67-8)55(65)63-43(29-58-47)23-40-14-10-12-16-49(40)63)20-39(22-42)32-70-54-28-48-46(26-52(54)68-9)56(66)64-44(30-59-48)24-41-15-11-13-17-50(41)64/h10-11,14-15,21,34,36,39-45,47,49-50,52,54-56,58-62,65-66,71H,1,3,5,12-13,16-20,22-32H2,2,4,6-9H3/t34-,36-,39?,40?,41?,42?,43-,44-,45?,47?,49?,50?,52?,54?,55?,56?/m0/s1. The van der Waals surface area contributed by atoms with Gasteiger partial charge in [-0.2, -0.15) is 12.6 Å². The molecule has 0 radical (unpaired) electrons. The molecule has 13 nitrogen and oxygen atoms in total. The average molecular weight is 1000 g/mol. The highest BCUT2D eigenvalue weighted by Gasteiger charge is 2.51. The minimum atomic E-state index is -0.605. The second kappa shape index (κ2) is 22.7. The number of nitrogens with one attached hydrogen (secondary N) is 5. The maximum atomic E-state index is 12.0. The number of nitrogens with zero attached hydrogens (tertiary/aromatic N) is 2. The molecule has 14 heteroatoms. The quantitative estimate of drug-likeness (QED) is 0.0497. The van der Waals surface area contributed by atoms with Gasteiger partial charge in [-0.3, -0.25) is 9.80 Å². The molecule has 3 fully saturated rings. The van der Waals surface area contributed by atoms with E-state index in [4.69, 9.17) is 31.6 Å². The van der Waals surface area contributed by atoms with E-state index < -0.39 is 12.5 Å². The van der Waals surface area contributed by atoms with Crippen LogP contribution in [0.2, 0.25) is 0 Å². The fourth-order valence-electron chi connectivity index (χ4n) is 13.9. The van der Waals surface area contributed by atoms with E-state index in [9.17, 15) is 10.2 Å². The molecule has 9 rings (SSSR count). The first kappa shape index (κ1) is 52.6. The molecule has 0 aromatic rings. The maximum Gasteiger partial charge on any atom is 0.136 e. The first-order valence-corrected chi connectivity index (χ1v) is 27.8. The molecule has 9 aliphatic rings. The van der Waals surface area contributed by atoms with Crippen molar-refractivity contribution in [2.45, 2.75) is 195 Å². The fraction of sp³-hybridized carbons (Fsp3) is 0.719. The minimum absolute atomic E-state index is 0.00237. The number of hydrogen-bond acceptors (Lipinski definition) is 14. The number of thiol groups is 1. The lowest BCUT2D eigenvalue weighted by atomic mass is 9.83. The first-order chi connectivity index (χ1) is 34.1. The molecule has 394 valence electrons. The number of fused-ring (bicyclic) bond motifs is 7. The molecular formula is C57H89N7O6S. The normalized spacial score (nSPS) is 36.8. The van der Waals surface area contributed by atoms with Crippen LogP contribution in [-0.2, 0) is 18.9 Å². The molecule has 0 aromatic heterocycles. The molecular weight excluding hydrogens is 911 g/mol. The lowest BCUT2D eigenvalue weighted by Gasteiger charge is -2.41. The van der Waals surface area contributed by atoms with E-state index in [0.29, 0.717) is 74.9 Å². The number of hydrogen-bond donors (Lipinski definition) is 8. The summed E-state index contributed by atoms with van der Waals surface area (Å²) >= 11 is 4.69. The Balaban J connectivity index is 0.864. The minimum Gasteiger partial charge on any atom is -0.498 e. The van der Waals surface area contributed by atoms with Gasteiger partial charge in [0.05, 0.1) is 38.0 Å². The van der Waals surface area contributed by atoms with Gasteiger partial charge in [-0.25, -0.2) is 0 Å². The summed E-state index contributed by atoms with van der Waals surface area (Å²) in [5.74, 6) is 2.98. The van der Waals surface area contributed by atoms with Crippen LogP contribution in [0.1, 0.15) is 118 Å². The number of ether oxygens (including phenoxy) is 4. The topological polar surface area (TPSA) is 144 Å². The van der Waals surface area contributed by atoms with Gasteiger partial charge in [0, 0.05) is 116 Å². The summed E-state index contributed by atoms with van der Waals surface area (Å²) in [6.07, 6.45) is 23.0. The molecule has 12 unspecified atom stereocenters. The molecule has 0 amide bonds. The highest BCUT2D eigenvalue weighted by Crippen LogP contribution is 2.45. The zero-order chi connectivity index (χ0) is 50.1. The predicted octanol–water partition coefficient (Wildman–Crippen LogP) is 7.03. The summed E-state index contributed by atoms with van der Waals surface area (Å²) in [4.78, 5) is 4.85. The van der Waals surface area contributed by atoms with Crippen molar-refractivity contribution in [1.82, 2.24) is 36.4 Å². The smallest absolute Gasteiger partial charge is 0.136 e. The number of aliphatic hydroxyl groups is 2. The van der Waals surface area contributed by atoms with Crippen molar-refractivity contribution < 1.29 is 29.2 Å². The van der Waals surface area contributed by atoms with Gasteiger partial charge in [0.2, 0.25) is 0 Å². The number of methoxy groups -OCH3 is 2. The maximum absolute atomic E-state index is 12.0. The van der Waals surface area contributed by atoms with Gasteiger partial charge in [-0.1, -0.05) is 64.0 Å². The van der Waals surface area contributed by atoms with Crippen molar-refractivity contribution in [2.24, 2.45) is 23.7 Å². The fourth-order valence-corrected chi connectivity index (χ4v) is 14.0. The largest absolute Gasteiger partial charge is 0.498 e. The second-order valence-corrected chi connectivity index (χ2v) is 24.6. The van der Waals surface area contributed by atoms with Gasteiger partial charge >= 0.3 is 0 Å². The van der Waals surface area contributed by atoms with Crippen LogP contribution in [0.3, 0.4) is 0 Å². The van der Waals surface area contributed by atoms with Gasteiger partial charge in [0.15, 0.2) is 0 Å². The molecule has 4 aliphatic heterocycles. The summed E-state index contributed by atoms with van der Waals surface area (Å²) in [5.41, 5.74) is 6.14. The molecule has 7 N–H and O–H groups in total. The summed E-state index contributed by atoms with van der Waals surface area (Å²) in [7, 11) is 3.52. The van der Waals surface area contributed by atoms with Crippen LogP contribution < -0.4 is 26.6 Å². The van der Waals surface area contributed by atoms with Crippen LogP contribution in [0.5, 0.6) is 0 Å². The third kappa shape index (κ3) is 12.0. The van der Waals surface area contributed by atoms with Crippen molar-refractivity contribution >= 4 is 12.6 Å². The van der Waals surface area contributed by atoms with Crippen molar-refractivity contribution in [3.63, 3.8) is 0 Å². The molecule has 5 aliphatic carbocycles. The van der Waals surface area contributed by atoms with Gasteiger partial charge < -0.3 is 55.7 Å². The monoisotopic (exact) mass is 1000 g/mol. The summed E-state index contributed by atoms with van der Waals surface area (Å²) in [6, 6.07) is 1.42. The zero-order valence-corrected chi connectivity index (χ0v) is 44.7. The van der Waals surface area contributed by atoms with E-state index in [0.717, 1.165) is 117 Å². The van der Waals surface area contributed by atoms with E-state index in [1.807, 2.05) is 0 Å². The SMILES string of the molecule is C=C(CCC(C)(C)S)N[C@@H](C)C(=C)N[C@@H](C)C(=C)NC1C=C(COC2=C(OC)CC3C(C2)NC[C@@H]2CC4C=CCCC4N2C3O)CC(COC2CC3=C(CC2OC)C(O)N2C4CCC=CC4C[C@H]2CN3)C1. The van der Waals surface area contributed by atoms with Crippen LogP contribution in [0.15, 0.2) is 95.6 Å². The lowest BCUT2D eigenvalue weighted by Crippen LogP contribution is -2.50. The van der Waals surface area contributed by atoms with Crippen LogP contribution in [0.4, 0.5) is 0 Å². The third-order valence-electron chi connectivity index (χ3n) is 17.8. The summed E-state index contributed by atoms with van der Waals surface area (Å²) < 4.78 is 26.0. The Hall–Kier alpha value is -3.21. The third-order valence-corrected chi connectivity index (χ3v) is 18.0. The molecule has 3 saturated heterocycles. The highest BCUT2D eigenvalue weighted by molar-refractivity contribution is 7.81. The Morgan fingerprint density at radius 1 is 0.859 bits per heavy atom. The first-order valence-electron chi connectivity index (χ1n) is 27.3. The van der Waals surface area contributed by atoms with Crippen molar-refractivity contribution in [2.75, 3.05) is 40.5 Å². The van der Waals surface area contributed by atoms with Gasteiger partial charge in [-0.05, 0) is 107 Å². The molecule has 0 bridgehead atoms. The van der Waals surface area contributed by atoms with Crippen LogP contribution in [0, 0.1) is 23.7 Å². The molecule has 71 heavy (non-hydrogen) atoms. The Bertz CT molecular complexity index is 2100. The van der Waals surface area contributed by atoms with Gasteiger partial charge in [0.25, 0.3) is 0 Å². The average Bonchev–Trinajstić information content (AvgIpc) is 3.84. The Morgan fingerprint density at radius 2 is 1.56 bits per heavy atom. The zero-order valence-electron chi connectivity index (χ0n) is 43.8. The van der Waals surface area contributed by atoms with Crippen LogP contribution >= 0.6 is 12.6 Å². The van der Waals surface area contributed by atoms with Crippen LogP contribution in [-0.4, -0.2) is 138 Å². The Labute approximate surface area is 431 Å². The molecule has 16 atom stereocenters. The van der Waals surface area contributed by atoms with E-state index in [1.165, 1.54) is 5.57 Å². The molecule has 4 heterocycles. The molecule has 0 spiro atoms. The second-order valence-electron chi connectivity index (χ2n) is 23.4. The van der Waals surface area contributed by atoms with E-state index in [2.05, 4.69) is 114 Å². The Kier molecular flexibility index (Phi) is 16.8. The summed E-state index contributed by atoms with van der Waals surface area (Å²) in [5, 5.41) is 42.7. The molecule has 0 saturated carbocycles. The predicted molar refractivity (Wildman–Crippen MR) is 286 cm³/mol. The van der Waals surface area contributed by atoms with Gasteiger partial charge in [0.1, 0.15) is 30.6 Å². The van der Waals surface area contributed by atoms with E-state index in [1.54, 1.807) is 14.2 Å². The molecule has 0 aromatic carbocycles. The lowest BCUT2D eigenvalue weighted by molar-refractivity contribution is -0.0787.